The summed E-state index contributed by atoms with van der Waals surface area (Å²) in [5.74, 6) is -0.667. The second-order valence-corrected chi connectivity index (χ2v) is 12.7. The summed E-state index contributed by atoms with van der Waals surface area (Å²) in [5, 5.41) is 4.23. The van der Waals surface area contributed by atoms with Gasteiger partial charge < -0.3 is 14.0 Å². The molecule has 6 nitrogen and oxygen atoms in total. The molecule has 9 heteroatoms. The maximum Gasteiger partial charge on any atom is 0.411 e. The molecule has 36 heavy (non-hydrogen) atoms. The van der Waals surface area contributed by atoms with Gasteiger partial charge in [-0.1, -0.05) is 18.0 Å². The Morgan fingerprint density at radius 3 is 2.50 bits per heavy atom. The Kier molecular flexibility index (Phi) is 5.71. The third kappa shape index (κ3) is 4.13. The molecule has 1 aromatic heterocycles. The molecule has 1 amide bonds. The quantitative estimate of drug-likeness (QED) is 0.406. The Morgan fingerprint density at radius 1 is 1.11 bits per heavy atom. The van der Waals surface area contributed by atoms with E-state index < -0.39 is 23.6 Å². The summed E-state index contributed by atoms with van der Waals surface area (Å²) in [6, 6.07) is 0.127. The van der Waals surface area contributed by atoms with Crippen LogP contribution in [0.2, 0.25) is 0 Å². The molecule has 5 aliphatic rings. The van der Waals surface area contributed by atoms with Gasteiger partial charge in [-0.15, -0.1) is 0 Å². The van der Waals surface area contributed by atoms with E-state index in [2.05, 4.69) is 5.16 Å². The first-order valence-electron chi connectivity index (χ1n) is 13.7. The van der Waals surface area contributed by atoms with E-state index in [9.17, 15) is 18.0 Å². The van der Waals surface area contributed by atoms with E-state index in [1.54, 1.807) is 0 Å². The molecule has 1 aliphatic heterocycles. The number of alkyl halides is 3. The molecule has 1 spiro atoms. The van der Waals surface area contributed by atoms with E-state index in [0.717, 1.165) is 56.3 Å². The highest BCUT2D eigenvalue weighted by Crippen LogP contribution is 2.65. The fourth-order valence-corrected chi connectivity index (χ4v) is 7.34. The molecule has 200 valence electrons. The van der Waals surface area contributed by atoms with Crippen LogP contribution in [0.15, 0.2) is 4.52 Å². The molecular formula is C27H37F3N2O4. The molecule has 0 N–H and O–H groups in total. The number of nitrogens with zero attached hydrogens (tertiary/aromatic N) is 2. The van der Waals surface area contributed by atoms with Crippen molar-refractivity contribution in [3.63, 3.8) is 0 Å². The van der Waals surface area contributed by atoms with E-state index in [1.807, 2.05) is 25.7 Å². The summed E-state index contributed by atoms with van der Waals surface area (Å²) >= 11 is 0. The smallest absolute Gasteiger partial charge is 0.411 e. The van der Waals surface area contributed by atoms with Gasteiger partial charge in [0.15, 0.2) is 0 Å². The fourth-order valence-electron chi connectivity index (χ4n) is 7.34. The van der Waals surface area contributed by atoms with Gasteiger partial charge >= 0.3 is 12.3 Å². The van der Waals surface area contributed by atoms with Crippen molar-refractivity contribution >= 4 is 6.09 Å². The van der Waals surface area contributed by atoms with E-state index in [4.69, 9.17) is 14.0 Å². The van der Waals surface area contributed by atoms with Crippen molar-refractivity contribution in [1.29, 1.82) is 0 Å². The summed E-state index contributed by atoms with van der Waals surface area (Å²) in [6.45, 7) is 5.87. The number of aromatic nitrogens is 1. The fraction of sp³-hybridized carbons (Fsp3) is 0.852. The maximum atomic E-state index is 13.9. The number of hydrogen-bond acceptors (Lipinski definition) is 5. The minimum absolute atomic E-state index is 0.0413. The Bertz CT molecular complexity index is 1010. The molecule has 0 bridgehead atoms. The number of carbonyl (C=O) groups excluding carboxylic acids is 1. The molecule has 5 unspecified atom stereocenters. The van der Waals surface area contributed by atoms with Gasteiger partial charge in [0.25, 0.3) is 0 Å². The van der Waals surface area contributed by atoms with Crippen molar-refractivity contribution in [3.8, 4) is 0 Å². The van der Waals surface area contributed by atoms with Crippen molar-refractivity contribution in [3.05, 3.63) is 17.0 Å². The third-order valence-corrected chi connectivity index (χ3v) is 9.29. The summed E-state index contributed by atoms with van der Waals surface area (Å²) in [5.41, 5.74) is 0.621. The normalized spacial score (nSPS) is 36.1. The van der Waals surface area contributed by atoms with Crippen LogP contribution in [0.4, 0.5) is 18.0 Å². The highest BCUT2D eigenvalue weighted by Gasteiger charge is 2.75. The molecule has 5 fully saturated rings. The number of likely N-dealkylation sites (tertiary alicyclic amines) is 1. The maximum absolute atomic E-state index is 13.9. The molecule has 2 heterocycles. The van der Waals surface area contributed by atoms with Crippen LogP contribution in [0.1, 0.15) is 114 Å². The van der Waals surface area contributed by atoms with Crippen LogP contribution in [0.5, 0.6) is 0 Å². The van der Waals surface area contributed by atoms with Crippen molar-refractivity contribution in [1.82, 2.24) is 10.1 Å². The van der Waals surface area contributed by atoms with Crippen molar-refractivity contribution in [2.24, 2.45) is 11.8 Å². The largest absolute Gasteiger partial charge is 0.444 e. The van der Waals surface area contributed by atoms with Gasteiger partial charge in [-0.25, -0.2) is 4.79 Å². The van der Waals surface area contributed by atoms with E-state index >= 15 is 0 Å². The SMILES string of the molecule is CC(C)(C)OC(=O)N1C2CC(OCc3c(C4CCCCC4C(F)(F)F)noc3C3CC3)CC3CC[C@@]321. The monoisotopic (exact) mass is 510 g/mol. The number of ether oxygens (including phenoxy) is 2. The number of hydrogen-bond donors (Lipinski definition) is 0. The Labute approximate surface area is 210 Å². The predicted octanol–water partition coefficient (Wildman–Crippen LogP) is 6.84. The summed E-state index contributed by atoms with van der Waals surface area (Å²) < 4.78 is 59.4. The Morgan fingerprint density at radius 2 is 1.86 bits per heavy atom. The second-order valence-electron chi connectivity index (χ2n) is 12.7. The van der Waals surface area contributed by atoms with Crippen LogP contribution in [-0.4, -0.2) is 45.6 Å². The minimum Gasteiger partial charge on any atom is -0.444 e. The van der Waals surface area contributed by atoms with Gasteiger partial charge in [0.05, 0.1) is 35.9 Å². The molecule has 0 radical (unpaired) electrons. The van der Waals surface area contributed by atoms with Gasteiger partial charge in [-0.05, 0) is 78.1 Å². The van der Waals surface area contributed by atoms with Crippen LogP contribution in [-0.2, 0) is 16.1 Å². The lowest BCUT2D eigenvalue weighted by molar-refractivity contribution is -0.187. The topological polar surface area (TPSA) is 64.6 Å². The average molecular weight is 511 g/mol. The molecule has 0 aromatic carbocycles. The summed E-state index contributed by atoms with van der Waals surface area (Å²) in [6.07, 6.45) is 3.12. The summed E-state index contributed by atoms with van der Waals surface area (Å²) in [4.78, 5) is 14.8. The molecule has 1 saturated heterocycles. The first-order chi connectivity index (χ1) is 17.0. The molecule has 4 aliphatic carbocycles. The number of amides is 1. The Hall–Kier alpha value is -1.77. The first-order valence-corrected chi connectivity index (χ1v) is 13.7. The van der Waals surface area contributed by atoms with Crippen molar-refractivity contribution in [2.75, 3.05) is 0 Å². The second kappa shape index (κ2) is 8.37. The van der Waals surface area contributed by atoms with Crippen molar-refractivity contribution < 1.29 is 32.0 Å². The van der Waals surface area contributed by atoms with E-state index in [0.29, 0.717) is 24.5 Å². The number of carbonyl (C=O) groups is 1. The Balaban J connectivity index is 1.17. The number of halogens is 3. The van der Waals surface area contributed by atoms with Crippen LogP contribution >= 0.6 is 0 Å². The lowest BCUT2D eigenvalue weighted by Crippen LogP contribution is -2.46. The zero-order valence-corrected chi connectivity index (χ0v) is 21.4. The van der Waals surface area contributed by atoms with Gasteiger partial charge in [0, 0.05) is 17.4 Å². The third-order valence-electron chi connectivity index (χ3n) is 9.29. The van der Waals surface area contributed by atoms with Crippen LogP contribution in [0, 0.1) is 11.8 Å². The highest BCUT2D eigenvalue weighted by molar-refractivity contribution is 5.75. The molecule has 4 saturated carbocycles. The zero-order chi connectivity index (χ0) is 25.5. The molecule has 6 rings (SSSR count). The lowest BCUT2D eigenvalue weighted by Gasteiger charge is -2.42. The molecular weight excluding hydrogens is 473 g/mol. The first kappa shape index (κ1) is 24.6. The average Bonchev–Trinajstić information content (AvgIpc) is 3.69. The van der Waals surface area contributed by atoms with Crippen LogP contribution < -0.4 is 0 Å². The standard InChI is InChI=1S/C27H37F3N2O4/c1-25(2,3)35-24(33)32-21-13-17(12-16-10-11-26(16,21)32)34-14-19-22(31-36-23(19)15-8-9-15)18-6-4-5-7-20(18)27(28,29)30/h15-18,20-21H,4-14H2,1-3H3/t16?,17?,18?,20?,21?,26-,32?/m1/s1. The number of rotatable bonds is 5. The summed E-state index contributed by atoms with van der Waals surface area (Å²) in [7, 11) is 0. The van der Waals surface area contributed by atoms with Gasteiger partial charge in [0.1, 0.15) is 11.4 Å². The van der Waals surface area contributed by atoms with Crippen LogP contribution in [0.25, 0.3) is 0 Å². The zero-order valence-electron chi connectivity index (χ0n) is 21.4. The predicted molar refractivity (Wildman–Crippen MR) is 124 cm³/mol. The minimum atomic E-state index is -4.24. The molecule has 6 atom stereocenters. The van der Waals surface area contributed by atoms with Gasteiger partial charge in [-0.2, -0.15) is 13.2 Å². The van der Waals surface area contributed by atoms with Crippen molar-refractivity contribution in [2.45, 2.75) is 133 Å². The lowest BCUT2D eigenvalue weighted by atomic mass is 9.64. The molecule has 1 aromatic rings. The van der Waals surface area contributed by atoms with Gasteiger partial charge in [-0.3, -0.25) is 4.90 Å². The van der Waals surface area contributed by atoms with E-state index in [1.165, 1.54) is 0 Å². The highest BCUT2D eigenvalue weighted by atomic mass is 19.4. The van der Waals surface area contributed by atoms with Crippen LogP contribution in [0.3, 0.4) is 0 Å². The van der Waals surface area contributed by atoms with Gasteiger partial charge in [0.2, 0.25) is 0 Å². The van der Waals surface area contributed by atoms with E-state index in [-0.39, 0.29) is 42.7 Å².